The Hall–Kier alpha value is -1.63. The molecule has 0 saturated heterocycles. The Morgan fingerprint density at radius 2 is 1.90 bits per heavy atom. The van der Waals surface area contributed by atoms with Crippen molar-refractivity contribution in [1.82, 2.24) is 0 Å². The van der Waals surface area contributed by atoms with Crippen LogP contribution in [0.5, 0.6) is 5.75 Å². The summed E-state index contributed by atoms with van der Waals surface area (Å²) in [7, 11) is 1.61. The van der Waals surface area contributed by atoms with Crippen molar-refractivity contribution in [2.45, 2.75) is 6.42 Å². The van der Waals surface area contributed by atoms with Crippen LogP contribution in [0.3, 0.4) is 0 Å². The molecule has 0 radical (unpaired) electrons. The minimum Gasteiger partial charge on any atom is -0.492 e. The minimum absolute atomic E-state index is 0.0851. The quantitative estimate of drug-likeness (QED) is 0.626. The monoisotopic (exact) mass is 282 g/mol. The number of methoxy groups -OCH3 is 1. The normalized spacial score (nSPS) is 10.3. The molecule has 0 fully saturated rings. The summed E-state index contributed by atoms with van der Waals surface area (Å²) in [6, 6.07) is 7.16. The second-order valence-corrected chi connectivity index (χ2v) is 4.06. The first-order valence-electron chi connectivity index (χ1n) is 6.55. The van der Waals surface area contributed by atoms with Crippen molar-refractivity contribution in [2.75, 3.05) is 45.4 Å². The fourth-order valence-electron chi connectivity index (χ4n) is 1.44. The molecule has 1 amide bonds. The van der Waals surface area contributed by atoms with E-state index in [1.54, 1.807) is 31.4 Å². The summed E-state index contributed by atoms with van der Waals surface area (Å²) >= 11 is 0. The summed E-state index contributed by atoms with van der Waals surface area (Å²) in [4.78, 5) is 11.6. The van der Waals surface area contributed by atoms with E-state index in [-0.39, 0.29) is 5.91 Å². The molecule has 20 heavy (non-hydrogen) atoms. The van der Waals surface area contributed by atoms with Gasteiger partial charge in [0.25, 0.3) is 0 Å². The van der Waals surface area contributed by atoms with Gasteiger partial charge in [-0.15, -0.1) is 0 Å². The van der Waals surface area contributed by atoms with Gasteiger partial charge in [0.15, 0.2) is 0 Å². The van der Waals surface area contributed by atoms with Gasteiger partial charge in [-0.3, -0.25) is 4.79 Å². The number of anilines is 1. The number of nitrogens with one attached hydrogen (secondary N) is 1. The summed E-state index contributed by atoms with van der Waals surface area (Å²) in [5.41, 5.74) is 6.08. The SMILES string of the molecule is COCCOCCC(=O)Nc1ccc(OCCN)cc1. The average Bonchev–Trinajstić information content (AvgIpc) is 2.46. The number of amides is 1. The smallest absolute Gasteiger partial charge is 0.226 e. The number of rotatable bonds is 10. The van der Waals surface area contributed by atoms with Crippen LogP contribution >= 0.6 is 0 Å². The zero-order valence-electron chi connectivity index (χ0n) is 11.8. The Morgan fingerprint density at radius 3 is 2.55 bits per heavy atom. The molecule has 0 aliphatic carbocycles. The molecule has 0 aliphatic heterocycles. The van der Waals surface area contributed by atoms with Crippen LogP contribution in [-0.4, -0.2) is 46.0 Å². The van der Waals surface area contributed by atoms with Gasteiger partial charge in [0.05, 0.1) is 26.2 Å². The van der Waals surface area contributed by atoms with Crippen molar-refractivity contribution in [3.63, 3.8) is 0 Å². The van der Waals surface area contributed by atoms with E-state index in [0.29, 0.717) is 39.4 Å². The Kier molecular flexibility index (Phi) is 8.37. The molecular weight excluding hydrogens is 260 g/mol. The van der Waals surface area contributed by atoms with Crippen molar-refractivity contribution >= 4 is 11.6 Å². The van der Waals surface area contributed by atoms with Crippen molar-refractivity contribution in [1.29, 1.82) is 0 Å². The maximum Gasteiger partial charge on any atom is 0.226 e. The fraction of sp³-hybridized carbons (Fsp3) is 0.500. The van der Waals surface area contributed by atoms with E-state index in [9.17, 15) is 4.79 Å². The van der Waals surface area contributed by atoms with Crippen LogP contribution in [0.15, 0.2) is 24.3 Å². The molecule has 0 atom stereocenters. The fourth-order valence-corrected chi connectivity index (χ4v) is 1.44. The highest BCUT2D eigenvalue weighted by Gasteiger charge is 2.02. The average molecular weight is 282 g/mol. The highest BCUT2D eigenvalue weighted by molar-refractivity contribution is 5.90. The van der Waals surface area contributed by atoms with Gasteiger partial charge in [-0.2, -0.15) is 0 Å². The van der Waals surface area contributed by atoms with E-state index in [1.165, 1.54) is 0 Å². The van der Waals surface area contributed by atoms with Crippen LogP contribution in [0.4, 0.5) is 5.69 Å². The van der Waals surface area contributed by atoms with E-state index >= 15 is 0 Å². The first-order chi connectivity index (χ1) is 9.76. The molecule has 6 heteroatoms. The van der Waals surface area contributed by atoms with Crippen LogP contribution in [0.25, 0.3) is 0 Å². The summed E-state index contributed by atoms with van der Waals surface area (Å²) < 4.78 is 15.4. The lowest BCUT2D eigenvalue weighted by atomic mass is 10.3. The maximum absolute atomic E-state index is 11.6. The minimum atomic E-state index is -0.0851. The van der Waals surface area contributed by atoms with Gasteiger partial charge in [-0.25, -0.2) is 0 Å². The largest absolute Gasteiger partial charge is 0.492 e. The summed E-state index contributed by atoms with van der Waals surface area (Å²) in [6.07, 6.45) is 0.315. The second kappa shape index (κ2) is 10.2. The van der Waals surface area contributed by atoms with E-state index in [2.05, 4.69) is 5.32 Å². The molecule has 0 bridgehead atoms. The molecule has 0 aromatic heterocycles. The third-order valence-electron chi connectivity index (χ3n) is 2.43. The molecule has 0 heterocycles. The zero-order valence-corrected chi connectivity index (χ0v) is 11.8. The van der Waals surface area contributed by atoms with Crippen molar-refractivity contribution in [3.05, 3.63) is 24.3 Å². The lowest BCUT2D eigenvalue weighted by molar-refractivity contribution is -0.117. The third kappa shape index (κ3) is 7.08. The van der Waals surface area contributed by atoms with Crippen LogP contribution in [0, 0.1) is 0 Å². The van der Waals surface area contributed by atoms with E-state index in [1.807, 2.05) is 0 Å². The Bertz CT molecular complexity index is 381. The second-order valence-electron chi connectivity index (χ2n) is 4.06. The molecule has 3 N–H and O–H groups in total. The molecule has 1 aromatic rings. The first-order valence-corrected chi connectivity index (χ1v) is 6.55. The van der Waals surface area contributed by atoms with Gasteiger partial charge in [-0.05, 0) is 24.3 Å². The van der Waals surface area contributed by atoms with Gasteiger partial charge in [-0.1, -0.05) is 0 Å². The molecule has 1 rings (SSSR count). The number of hydrogen-bond donors (Lipinski definition) is 2. The Morgan fingerprint density at radius 1 is 1.15 bits per heavy atom. The number of benzene rings is 1. The van der Waals surface area contributed by atoms with Crippen molar-refractivity contribution in [2.24, 2.45) is 5.73 Å². The molecule has 0 spiro atoms. The molecule has 1 aromatic carbocycles. The maximum atomic E-state index is 11.6. The first kappa shape index (κ1) is 16.4. The molecule has 6 nitrogen and oxygen atoms in total. The van der Waals surface area contributed by atoms with Crippen molar-refractivity contribution < 1.29 is 19.0 Å². The number of carbonyl (C=O) groups excluding carboxylic acids is 1. The predicted octanol–water partition coefficient (Wildman–Crippen LogP) is 1.02. The topological polar surface area (TPSA) is 82.8 Å². The molecule has 0 saturated carbocycles. The van der Waals surface area contributed by atoms with Gasteiger partial charge in [0.1, 0.15) is 12.4 Å². The molecule has 0 unspecified atom stereocenters. The van der Waals surface area contributed by atoms with Crippen molar-refractivity contribution in [3.8, 4) is 5.75 Å². The van der Waals surface area contributed by atoms with Gasteiger partial charge < -0.3 is 25.3 Å². The number of ether oxygens (including phenoxy) is 3. The zero-order chi connectivity index (χ0) is 14.6. The summed E-state index contributed by atoms with van der Waals surface area (Å²) in [5, 5.41) is 2.79. The molecule has 0 aliphatic rings. The van der Waals surface area contributed by atoms with E-state index in [4.69, 9.17) is 19.9 Å². The molecular formula is C14H22N2O4. The Balaban J connectivity index is 2.24. The van der Waals surface area contributed by atoms with Crippen LogP contribution in [-0.2, 0) is 14.3 Å². The van der Waals surface area contributed by atoms with Crippen LogP contribution in [0.1, 0.15) is 6.42 Å². The number of carbonyl (C=O) groups is 1. The predicted molar refractivity (Wildman–Crippen MR) is 76.9 cm³/mol. The van der Waals surface area contributed by atoms with Gasteiger partial charge in [0, 0.05) is 19.3 Å². The van der Waals surface area contributed by atoms with E-state index < -0.39 is 0 Å². The van der Waals surface area contributed by atoms with Crippen LogP contribution in [0.2, 0.25) is 0 Å². The van der Waals surface area contributed by atoms with E-state index in [0.717, 1.165) is 11.4 Å². The summed E-state index contributed by atoms with van der Waals surface area (Å²) in [6.45, 7) is 2.36. The lowest BCUT2D eigenvalue weighted by Crippen LogP contribution is -2.15. The third-order valence-corrected chi connectivity index (χ3v) is 2.43. The number of hydrogen-bond acceptors (Lipinski definition) is 5. The molecule has 112 valence electrons. The standard InChI is InChI=1S/C14H22N2O4/c1-18-10-11-19-8-6-14(17)16-12-2-4-13(5-3-12)20-9-7-15/h2-5H,6-11,15H2,1H3,(H,16,17). The number of nitrogens with two attached hydrogens (primary N) is 1. The van der Waals surface area contributed by atoms with Gasteiger partial charge >= 0.3 is 0 Å². The van der Waals surface area contributed by atoms with Gasteiger partial charge in [0.2, 0.25) is 5.91 Å². The highest BCUT2D eigenvalue weighted by Crippen LogP contribution is 2.15. The Labute approximate surface area is 119 Å². The lowest BCUT2D eigenvalue weighted by Gasteiger charge is -2.08. The van der Waals surface area contributed by atoms with Crippen LogP contribution < -0.4 is 15.8 Å². The highest BCUT2D eigenvalue weighted by atomic mass is 16.5. The summed E-state index contributed by atoms with van der Waals surface area (Å²) in [5.74, 6) is 0.648.